The van der Waals surface area contributed by atoms with Gasteiger partial charge in [-0.1, -0.05) is 38.8 Å². The minimum absolute atomic E-state index is 0.0278. The zero-order chi connectivity index (χ0) is 33.6. The van der Waals surface area contributed by atoms with Crippen LogP contribution in [0.15, 0.2) is 18.2 Å². The summed E-state index contributed by atoms with van der Waals surface area (Å²) in [6.07, 6.45) is 6.88. The second-order valence-corrected chi connectivity index (χ2v) is 10.1. The summed E-state index contributed by atoms with van der Waals surface area (Å²) < 4.78 is 47.7. The molecule has 12 heteroatoms. The molecular formula is C34H64O12. The molecule has 1 rings (SSSR count). The molecule has 0 aliphatic heterocycles. The van der Waals surface area contributed by atoms with E-state index in [4.69, 9.17) is 52.8 Å². The summed E-state index contributed by atoms with van der Waals surface area (Å²) in [6.45, 7) is 13.2. The van der Waals surface area contributed by atoms with E-state index in [9.17, 15) is 5.11 Å². The summed E-state index contributed by atoms with van der Waals surface area (Å²) in [5, 5.41) is 26.9. The number of phenols is 1. The quantitative estimate of drug-likeness (QED) is 0.0931. The molecule has 0 saturated carbocycles. The van der Waals surface area contributed by atoms with Crippen molar-refractivity contribution < 1.29 is 58.0 Å². The van der Waals surface area contributed by atoms with Gasteiger partial charge in [0, 0.05) is 0 Å². The number of hydrogen-bond donors (Lipinski definition) is 3. The van der Waals surface area contributed by atoms with E-state index >= 15 is 0 Å². The van der Waals surface area contributed by atoms with E-state index in [1.807, 2.05) is 6.07 Å². The Morgan fingerprint density at radius 1 is 0.435 bits per heavy atom. The smallest absolute Gasteiger partial charge is 0.119 e. The SMILES string of the molecule is CCCCc1cccc(O)c1CCCC.OCCOCCOCCOCCOCCOCCOCCOCCOCCOCCO. The van der Waals surface area contributed by atoms with Crippen molar-refractivity contribution in [2.24, 2.45) is 0 Å². The van der Waals surface area contributed by atoms with Crippen LogP contribution in [0, 0.1) is 0 Å². The maximum atomic E-state index is 9.82. The van der Waals surface area contributed by atoms with E-state index < -0.39 is 0 Å². The highest BCUT2D eigenvalue weighted by molar-refractivity contribution is 5.39. The van der Waals surface area contributed by atoms with Crippen molar-refractivity contribution >= 4 is 0 Å². The van der Waals surface area contributed by atoms with E-state index in [0.29, 0.717) is 125 Å². The molecule has 0 aliphatic carbocycles. The van der Waals surface area contributed by atoms with Crippen LogP contribution < -0.4 is 0 Å². The van der Waals surface area contributed by atoms with Crippen molar-refractivity contribution in [3.05, 3.63) is 29.3 Å². The van der Waals surface area contributed by atoms with Crippen LogP contribution in [0.5, 0.6) is 5.75 Å². The first-order chi connectivity index (χ1) is 22.7. The van der Waals surface area contributed by atoms with Crippen LogP contribution in [0.3, 0.4) is 0 Å². The van der Waals surface area contributed by atoms with Gasteiger partial charge in [0.1, 0.15) is 5.75 Å². The van der Waals surface area contributed by atoms with Crippen LogP contribution in [0.1, 0.15) is 50.7 Å². The molecule has 0 spiro atoms. The molecule has 0 aliphatic rings. The molecule has 0 radical (unpaired) electrons. The Hall–Kier alpha value is -1.42. The van der Waals surface area contributed by atoms with E-state index in [0.717, 1.165) is 19.3 Å². The van der Waals surface area contributed by atoms with Gasteiger partial charge in [0.25, 0.3) is 0 Å². The molecule has 0 fully saturated rings. The lowest BCUT2D eigenvalue weighted by Crippen LogP contribution is -2.15. The van der Waals surface area contributed by atoms with Crippen molar-refractivity contribution in [3.8, 4) is 5.75 Å². The molecule has 0 heterocycles. The third kappa shape index (κ3) is 31.2. The topological polar surface area (TPSA) is 144 Å². The molecule has 0 amide bonds. The third-order valence-electron chi connectivity index (χ3n) is 6.28. The predicted octanol–water partition coefficient (Wildman–Crippen LogP) is 3.20. The first kappa shape index (κ1) is 44.6. The average Bonchev–Trinajstić information content (AvgIpc) is 3.07. The number of aromatic hydroxyl groups is 1. The molecule has 0 unspecified atom stereocenters. The molecule has 0 saturated heterocycles. The minimum Gasteiger partial charge on any atom is -0.508 e. The third-order valence-corrected chi connectivity index (χ3v) is 6.28. The number of rotatable bonds is 34. The summed E-state index contributed by atoms with van der Waals surface area (Å²) >= 11 is 0. The van der Waals surface area contributed by atoms with Crippen molar-refractivity contribution in [2.75, 3.05) is 132 Å². The van der Waals surface area contributed by atoms with Crippen LogP contribution in [-0.2, 0) is 55.5 Å². The highest BCUT2D eigenvalue weighted by atomic mass is 16.6. The Bertz CT molecular complexity index is 697. The van der Waals surface area contributed by atoms with Crippen molar-refractivity contribution in [2.45, 2.75) is 52.4 Å². The second-order valence-electron chi connectivity index (χ2n) is 10.1. The number of unbranched alkanes of at least 4 members (excludes halogenated alkanes) is 2. The molecule has 0 atom stereocenters. The molecule has 3 N–H and O–H groups in total. The van der Waals surface area contributed by atoms with Gasteiger partial charge in [-0.2, -0.15) is 0 Å². The summed E-state index contributed by atoms with van der Waals surface area (Å²) in [4.78, 5) is 0. The zero-order valence-corrected chi connectivity index (χ0v) is 28.6. The summed E-state index contributed by atoms with van der Waals surface area (Å²) in [5.74, 6) is 0.483. The monoisotopic (exact) mass is 664 g/mol. The Labute approximate surface area is 277 Å². The van der Waals surface area contributed by atoms with Crippen molar-refractivity contribution in [3.63, 3.8) is 0 Å². The maximum Gasteiger partial charge on any atom is 0.119 e. The Balaban J connectivity index is 0.00000112. The summed E-state index contributed by atoms with van der Waals surface area (Å²) in [6, 6.07) is 5.91. The molecule has 0 aromatic heterocycles. The molecule has 0 bridgehead atoms. The van der Waals surface area contributed by atoms with Crippen molar-refractivity contribution in [1.82, 2.24) is 0 Å². The van der Waals surface area contributed by atoms with E-state index in [-0.39, 0.29) is 13.2 Å². The summed E-state index contributed by atoms with van der Waals surface area (Å²) in [7, 11) is 0. The maximum absolute atomic E-state index is 9.82. The van der Waals surface area contributed by atoms with Crippen LogP contribution in [0.2, 0.25) is 0 Å². The summed E-state index contributed by atoms with van der Waals surface area (Å²) in [5.41, 5.74) is 2.51. The van der Waals surface area contributed by atoms with Gasteiger partial charge >= 0.3 is 0 Å². The molecule has 272 valence electrons. The standard InChI is InChI=1S/C20H42O11.C14H22O/c21-1-3-23-5-7-25-9-11-27-13-15-29-17-19-31-20-18-30-16-14-28-12-10-26-8-6-24-4-2-22;1-3-5-8-12-9-7-11-14(15)13(12)10-6-4-2/h21-22H,1-20H2;7,9,11,15H,3-6,8,10H2,1-2H3. The lowest BCUT2D eigenvalue weighted by molar-refractivity contribution is -0.0260. The number of ether oxygens (including phenoxy) is 9. The first-order valence-electron chi connectivity index (χ1n) is 16.9. The molecule has 1 aromatic rings. The van der Waals surface area contributed by atoms with Gasteiger partial charge in [0.05, 0.1) is 132 Å². The van der Waals surface area contributed by atoms with E-state index in [1.165, 1.54) is 30.4 Å². The Kier molecular flexibility index (Phi) is 36.9. The first-order valence-corrected chi connectivity index (χ1v) is 16.9. The number of aliphatic hydroxyl groups excluding tert-OH is 2. The van der Waals surface area contributed by atoms with Crippen molar-refractivity contribution in [1.29, 1.82) is 0 Å². The van der Waals surface area contributed by atoms with Crippen LogP contribution >= 0.6 is 0 Å². The number of aryl methyl sites for hydroxylation is 1. The average molecular weight is 665 g/mol. The van der Waals surface area contributed by atoms with Gasteiger partial charge in [-0.25, -0.2) is 0 Å². The highest BCUT2D eigenvalue weighted by Crippen LogP contribution is 2.24. The van der Waals surface area contributed by atoms with Gasteiger partial charge in [-0.15, -0.1) is 0 Å². The molecule has 46 heavy (non-hydrogen) atoms. The number of phenolic OH excluding ortho intramolecular Hbond substituents is 1. The fraction of sp³-hybridized carbons (Fsp3) is 0.824. The van der Waals surface area contributed by atoms with Gasteiger partial charge < -0.3 is 58.0 Å². The zero-order valence-electron chi connectivity index (χ0n) is 28.6. The molecular weight excluding hydrogens is 600 g/mol. The van der Waals surface area contributed by atoms with Crippen LogP contribution in [-0.4, -0.2) is 147 Å². The Morgan fingerprint density at radius 3 is 1.04 bits per heavy atom. The fourth-order valence-corrected chi connectivity index (χ4v) is 3.86. The van der Waals surface area contributed by atoms with Crippen LogP contribution in [0.25, 0.3) is 0 Å². The lowest BCUT2D eigenvalue weighted by atomic mass is 9.97. The number of aliphatic hydroxyl groups is 2. The normalized spacial score (nSPS) is 11.1. The minimum atomic E-state index is 0.0278. The predicted molar refractivity (Wildman–Crippen MR) is 177 cm³/mol. The second kappa shape index (κ2) is 38.0. The van der Waals surface area contributed by atoms with Gasteiger partial charge in [-0.05, 0) is 42.9 Å². The highest BCUT2D eigenvalue weighted by Gasteiger charge is 2.06. The Morgan fingerprint density at radius 2 is 0.739 bits per heavy atom. The van der Waals surface area contributed by atoms with Gasteiger partial charge in [-0.3, -0.25) is 0 Å². The molecule has 1 aromatic carbocycles. The largest absolute Gasteiger partial charge is 0.508 e. The van der Waals surface area contributed by atoms with Gasteiger partial charge in [0.15, 0.2) is 0 Å². The number of benzene rings is 1. The lowest BCUT2D eigenvalue weighted by Gasteiger charge is -2.10. The number of hydrogen-bond acceptors (Lipinski definition) is 12. The van der Waals surface area contributed by atoms with Gasteiger partial charge in [0.2, 0.25) is 0 Å². The molecule has 12 nitrogen and oxygen atoms in total. The van der Waals surface area contributed by atoms with Crippen LogP contribution in [0.4, 0.5) is 0 Å². The fourth-order valence-electron chi connectivity index (χ4n) is 3.86. The van der Waals surface area contributed by atoms with E-state index in [1.54, 1.807) is 6.07 Å². The van der Waals surface area contributed by atoms with E-state index in [2.05, 4.69) is 19.9 Å².